The summed E-state index contributed by atoms with van der Waals surface area (Å²) in [6, 6.07) is 5.47. The molecule has 0 radical (unpaired) electrons. The van der Waals surface area contributed by atoms with E-state index in [1.54, 1.807) is 12.1 Å². The summed E-state index contributed by atoms with van der Waals surface area (Å²) < 4.78 is 24.0. The van der Waals surface area contributed by atoms with Crippen molar-refractivity contribution in [1.29, 1.82) is 0 Å². The van der Waals surface area contributed by atoms with E-state index in [4.69, 9.17) is 9.47 Å². The first-order valence-electron chi connectivity index (χ1n) is 7.34. The quantitative estimate of drug-likeness (QED) is 0.669. The maximum Gasteiger partial charge on any atom is 0.165 e. The van der Waals surface area contributed by atoms with E-state index in [9.17, 15) is 4.39 Å². The second kappa shape index (κ2) is 9.72. The highest BCUT2D eigenvalue weighted by Gasteiger charge is 2.11. The predicted molar refractivity (Wildman–Crippen MR) is 79.8 cm³/mol. The molecular weight excluding hydrogens is 257 g/mol. The van der Waals surface area contributed by atoms with Gasteiger partial charge >= 0.3 is 0 Å². The maximum absolute atomic E-state index is 13.7. The molecule has 0 saturated heterocycles. The molecule has 3 nitrogen and oxygen atoms in total. The normalized spacial score (nSPS) is 12.4. The summed E-state index contributed by atoms with van der Waals surface area (Å²) in [6.07, 6.45) is 2.82. The van der Waals surface area contributed by atoms with E-state index in [1.165, 1.54) is 7.11 Å². The van der Waals surface area contributed by atoms with Crippen LogP contribution in [0.1, 0.15) is 32.3 Å². The molecule has 0 aromatic heterocycles. The first-order valence-corrected chi connectivity index (χ1v) is 7.34. The molecule has 114 valence electrons. The van der Waals surface area contributed by atoms with Crippen LogP contribution < -0.4 is 10.1 Å². The fourth-order valence-corrected chi connectivity index (χ4v) is 2.12. The summed E-state index contributed by atoms with van der Waals surface area (Å²) >= 11 is 0. The van der Waals surface area contributed by atoms with Crippen LogP contribution in [0.4, 0.5) is 4.39 Å². The molecule has 0 spiro atoms. The number of hydrogen-bond donors (Lipinski definition) is 1. The summed E-state index contributed by atoms with van der Waals surface area (Å²) in [5.41, 5.74) is 0.980. The lowest BCUT2D eigenvalue weighted by Gasteiger charge is -2.19. The molecule has 1 unspecified atom stereocenters. The summed E-state index contributed by atoms with van der Waals surface area (Å²) in [7, 11) is 1.48. The third-order valence-electron chi connectivity index (χ3n) is 3.20. The van der Waals surface area contributed by atoms with Crippen molar-refractivity contribution in [3.05, 3.63) is 29.6 Å². The lowest BCUT2D eigenvalue weighted by Crippen LogP contribution is -2.33. The van der Waals surface area contributed by atoms with Crippen molar-refractivity contribution in [2.45, 2.75) is 39.2 Å². The highest BCUT2D eigenvalue weighted by Crippen LogP contribution is 2.19. The molecule has 1 aromatic rings. The average Bonchev–Trinajstić information content (AvgIpc) is 2.45. The van der Waals surface area contributed by atoms with Crippen LogP contribution in [0, 0.1) is 5.82 Å². The molecule has 0 aliphatic carbocycles. The molecule has 0 aliphatic rings. The van der Waals surface area contributed by atoms with Crippen LogP contribution in [-0.2, 0) is 11.2 Å². The minimum Gasteiger partial charge on any atom is -0.494 e. The molecule has 0 amide bonds. The average molecular weight is 283 g/mol. The van der Waals surface area contributed by atoms with Crippen LogP contribution in [0.25, 0.3) is 0 Å². The van der Waals surface area contributed by atoms with Gasteiger partial charge < -0.3 is 14.8 Å². The van der Waals surface area contributed by atoms with Crippen molar-refractivity contribution in [3.8, 4) is 5.75 Å². The highest BCUT2D eigenvalue weighted by atomic mass is 19.1. The topological polar surface area (TPSA) is 30.5 Å². The van der Waals surface area contributed by atoms with E-state index in [2.05, 4.69) is 12.2 Å². The number of ether oxygens (including phenoxy) is 2. The van der Waals surface area contributed by atoms with Gasteiger partial charge in [0.1, 0.15) is 0 Å². The second-order valence-electron chi connectivity index (χ2n) is 4.81. The fraction of sp³-hybridized carbons (Fsp3) is 0.625. The summed E-state index contributed by atoms with van der Waals surface area (Å²) in [5, 5.41) is 3.49. The summed E-state index contributed by atoms with van der Waals surface area (Å²) in [4.78, 5) is 0. The molecule has 1 aromatic carbocycles. The minimum atomic E-state index is -0.302. The Morgan fingerprint density at radius 2 is 2.10 bits per heavy atom. The fourth-order valence-electron chi connectivity index (χ4n) is 2.12. The van der Waals surface area contributed by atoms with Gasteiger partial charge in [-0.2, -0.15) is 0 Å². The van der Waals surface area contributed by atoms with Crippen LogP contribution in [0.2, 0.25) is 0 Å². The van der Waals surface area contributed by atoms with Crippen molar-refractivity contribution >= 4 is 0 Å². The Morgan fingerprint density at radius 3 is 2.70 bits per heavy atom. The van der Waals surface area contributed by atoms with Crippen LogP contribution in [0.5, 0.6) is 5.75 Å². The molecule has 0 heterocycles. The number of benzene rings is 1. The number of hydrogen-bond acceptors (Lipinski definition) is 3. The van der Waals surface area contributed by atoms with E-state index in [0.717, 1.165) is 44.6 Å². The molecule has 20 heavy (non-hydrogen) atoms. The van der Waals surface area contributed by atoms with Gasteiger partial charge in [0.15, 0.2) is 11.6 Å². The SMILES string of the molecule is CCCNC(CCOCC)Cc1ccc(OC)c(F)c1. The van der Waals surface area contributed by atoms with Gasteiger partial charge in [0, 0.05) is 19.3 Å². The zero-order chi connectivity index (χ0) is 14.8. The van der Waals surface area contributed by atoms with Gasteiger partial charge in [-0.05, 0) is 50.4 Å². The van der Waals surface area contributed by atoms with Crippen LogP contribution in [0.3, 0.4) is 0 Å². The van der Waals surface area contributed by atoms with Crippen molar-refractivity contribution in [3.63, 3.8) is 0 Å². The number of halogens is 1. The maximum atomic E-state index is 13.7. The van der Waals surface area contributed by atoms with Crippen LogP contribution in [-0.4, -0.2) is 32.9 Å². The van der Waals surface area contributed by atoms with Gasteiger partial charge in [0.25, 0.3) is 0 Å². The first kappa shape index (κ1) is 16.9. The third-order valence-corrected chi connectivity index (χ3v) is 3.20. The van der Waals surface area contributed by atoms with Gasteiger partial charge in [0.2, 0.25) is 0 Å². The van der Waals surface area contributed by atoms with Crippen molar-refractivity contribution < 1.29 is 13.9 Å². The van der Waals surface area contributed by atoms with Crippen molar-refractivity contribution in [2.75, 3.05) is 26.9 Å². The summed E-state index contributed by atoms with van der Waals surface area (Å²) in [6.45, 7) is 6.57. The number of rotatable bonds is 10. The van der Waals surface area contributed by atoms with E-state index in [-0.39, 0.29) is 5.82 Å². The Kier molecular flexibility index (Phi) is 8.23. The molecule has 0 aliphatic heterocycles. The molecule has 1 N–H and O–H groups in total. The highest BCUT2D eigenvalue weighted by molar-refractivity contribution is 5.29. The smallest absolute Gasteiger partial charge is 0.165 e. The molecule has 1 rings (SSSR count). The Labute approximate surface area is 121 Å². The zero-order valence-electron chi connectivity index (χ0n) is 12.7. The zero-order valence-corrected chi connectivity index (χ0v) is 12.7. The third kappa shape index (κ3) is 5.88. The standard InChI is InChI=1S/C16H26FNO2/c1-4-9-18-14(8-10-20-5-2)11-13-6-7-16(19-3)15(17)12-13/h6-7,12,14,18H,4-5,8-11H2,1-3H3. The molecular formula is C16H26FNO2. The number of nitrogens with one attached hydrogen (secondary N) is 1. The Hall–Kier alpha value is -1.13. The lowest BCUT2D eigenvalue weighted by molar-refractivity contribution is 0.136. The van der Waals surface area contributed by atoms with E-state index < -0.39 is 0 Å². The molecule has 4 heteroatoms. The monoisotopic (exact) mass is 283 g/mol. The second-order valence-corrected chi connectivity index (χ2v) is 4.81. The molecule has 0 saturated carbocycles. The van der Waals surface area contributed by atoms with Gasteiger partial charge in [-0.1, -0.05) is 13.0 Å². The molecule has 0 fully saturated rings. The van der Waals surface area contributed by atoms with E-state index in [0.29, 0.717) is 11.8 Å². The largest absolute Gasteiger partial charge is 0.494 e. The number of methoxy groups -OCH3 is 1. The van der Waals surface area contributed by atoms with Crippen LogP contribution in [0.15, 0.2) is 18.2 Å². The van der Waals surface area contributed by atoms with Gasteiger partial charge in [-0.3, -0.25) is 0 Å². The Morgan fingerprint density at radius 1 is 1.30 bits per heavy atom. The van der Waals surface area contributed by atoms with E-state index in [1.807, 2.05) is 13.0 Å². The van der Waals surface area contributed by atoms with Gasteiger partial charge in [0.05, 0.1) is 7.11 Å². The summed E-state index contributed by atoms with van der Waals surface area (Å²) in [5.74, 6) is -0.00909. The van der Waals surface area contributed by atoms with Crippen molar-refractivity contribution in [1.82, 2.24) is 5.32 Å². The Balaban J connectivity index is 2.60. The Bertz CT molecular complexity index is 385. The van der Waals surface area contributed by atoms with Crippen molar-refractivity contribution in [2.24, 2.45) is 0 Å². The van der Waals surface area contributed by atoms with Gasteiger partial charge in [-0.15, -0.1) is 0 Å². The molecule has 1 atom stereocenters. The molecule has 0 bridgehead atoms. The van der Waals surface area contributed by atoms with E-state index >= 15 is 0 Å². The minimum absolute atomic E-state index is 0.293. The van der Waals surface area contributed by atoms with Crippen LogP contribution >= 0.6 is 0 Å². The lowest BCUT2D eigenvalue weighted by atomic mass is 10.0. The first-order chi connectivity index (χ1) is 9.71. The predicted octanol–water partition coefficient (Wildman–Crippen LogP) is 3.17. The van der Waals surface area contributed by atoms with Gasteiger partial charge in [-0.25, -0.2) is 4.39 Å².